The van der Waals surface area contributed by atoms with Crippen LogP contribution < -0.4 is 5.32 Å². The number of hydrogen-bond donors (Lipinski definition) is 1. The number of hydrogen-bond acceptors (Lipinski definition) is 2. The number of para-hydroxylation sites is 1. The van der Waals surface area contributed by atoms with Crippen molar-refractivity contribution in [3.63, 3.8) is 0 Å². The zero-order valence-corrected chi connectivity index (χ0v) is 14.3. The van der Waals surface area contributed by atoms with Crippen LogP contribution in [0.2, 0.25) is 10.0 Å². The van der Waals surface area contributed by atoms with Gasteiger partial charge in [0.15, 0.2) is 0 Å². The molecule has 1 amide bonds. The van der Waals surface area contributed by atoms with E-state index in [9.17, 15) is 4.79 Å². The minimum atomic E-state index is -0.156. The molecule has 0 spiro atoms. The van der Waals surface area contributed by atoms with E-state index in [4.69, 9.17) is 27.6 Å². The first-order valence-electron chi connectivity index (χ1n) is 7.17. The molecule has 0 aliphatic carbocycles. The summed E-state index contributed by atoms with van der Waals surface area (Å²) in [6.07, 6.45) is 1.80. The van der Waals surface area contributed by atoms with Gasteiger partial charge in [0.05, 0.1) is 23.4 Å². The molecule has 1 N–H and O–H groups in total. The standard InChI is InChI=1S/C18H15Cl2NO2/c1-10-7-15-17(11(2)18(10)20)12(9-23-15)8-16(22)21-14-6-4-3-5-13(14)19/h3-7,9H,8H2,1-2H3,(H,21,22). The van der Waals surface area contributed by atoms with Gasteiger partial charge in [-0.1, -0.05) is 35.3 Å². The summed E-state index contributed by atoms with van der Waals surface area (Å²) in [5.74, 6) is -0.156. The normalized spacial score (nSPS) is 11.0. The second-order valence-electron chi connectivity index (χ2n) is 5.47. The number of nitrogens with one attached hydrogen (secondary N) is 1. The molecule has 0 fully saturated rings. The molecule has 0 aliphatic heterocycles. The number of benzene rings is 2. The minimum absolute atomic E-state index is 0.156. The third-order valence-corrected chi connectivity index (χ3v) is 4.70. The van der Waals surface area contributed by atoms with E-state index in [0.29, 0.717) is 15.7 Å². The summed E-state index contributed by atoms with van der Waals surface area (Å²) in [7, 11) is 0. The Labute approximate surface area is 144 Å². The van der Waals surface area contributed by atoms with Crippen molar-refractivity contribution >= 4 is 45.8 Å². The quantitative estimate of drug-likeness (QED) is 0.675. The molecule has 0 atom stereocenters. The molecule has 0 aliphatic rings. The highest BCUT2D eigenvalue weighted by Gasteiger charge is 2.16. The SMILES string of the molecule is Cc1cc2occ(CC(=O)Nc3ccccc3Cl)c2c(C)c1Cl. The fraction of sp³-hybridized carbons (Fsp3) is 0.167. The monoisotopic (exact) mass is 347 g/mol. The van der Waals surface area contributed by atoms with Gasteiger partial charge < -0.3 is 9.73 Å². The molecule has 5 heteroatoms. The Morgan fingerprint density at radius 3 is 2.70 bits per heavy atom. The summed E-state index contributed by atoms with van der Waals surface area (Å²) >= 11 is 12.4. The Balaban J connectivity index is 1.89. The van der Waals surface area contributed by atoms with Gasteiger partial charge in [-0.15, -0.1) is 0 Å². The second kappa shape index (κ2) is 6.26. The van der Waals surface area contributed by atoms with Crippen molar-refractivity contribution in [1.29, 1.82) is 0 Å². The fourth-order valence-corrected chi connectivity index (χ4v) is 3.00. The number of amides is 1. The predicted molar refractivity (Wildman–Crippen MR) is 94.5 cm³/mol. The number of carbonyl (C=O) groups excluding carboxylic acids is 1. The lowest BCUT2D eigenvalue weighted by atomic mass is 10.0. The molecule has 0 saturated carbocycles. The molecule has 0 bridgehead atoms. The first-order valence-corrected chi connectivity index (χ1v) is 7.93. The van der Waals surface area contributed by atoms with Gasteiger partial charge in [-0.3, -0.25) is 4.79 Å². The van der Waals surface area contributed by atoms with Crippen LogP contribution in [0.25, 0.3) is 11.0 Å². The van der Waals surface area contributed by atoms with Gasteiger partial charge in [-0.2, -0.15) is 0 Å². The smallest absolute Gasteiger partial charge is 0.228 e. The summed E-state index contributed by atoms with van der Waals surface area (Å²) in [6, 6.07) is 9.02. The highest BCUT2D eigenvalue weighted by Crippen LogP contribution is 2.33. The Hall–Kier alpha value is -1.97. The minimum Gasteiger partial charge on any atom is -0.464 e. The first-order chi connectivity index (χ1) is 11.0. The van der Waals surface area contributed by atoms with Gasteiger partial charge in [0, 0.05) is 16.0 Å². The van der Waals surface area contributed by atoms with Crippen molar-refractivity contribution in [2.45, 2.75) is 20.3 Å². The van der Waals surface area contributed by atoms with Crippen molar-refractivity contribution in [3.8, 4) is 0 Å². The fourth-order valence-electron chi connectivity index (χ4n) is 2.67. The molecule has 2 aromatic carbocycles. The van der Waals surface area contributed by atoms with Crippen LogP contribution in [0.1, 0.15) is 16.7 Å². The Morgan fingerprint density at radius 1 is 1.22 bits per heavy atom. The van der Waals surface area contributed by atoms with Crippen molar-refractivity contribution in [2.24, 2.45) is 0 Å². The summed E-state index contributed by atoms with van der Waals surface area (Å²) in [5.41, 5.74) is 4.03. The van der Waals surface area contributed by atoms with Crippen LogP contribution in [0.3, 0.4) is 0 Å². The topological polar surface area (TPSA) is 42.2 Å². The number of rotatable bonds is 3. The molecule has 0 saturated heterocycles. The number of aryl methyl sites for hydroxylation is 2. The summed E-state index contributed by atoms with van der Waals surface area (Å²) < 4.78 is 5.58. The molecule has 118 valence electrons. The van der Waals surface area contributed by atoms with Gasteiger partial charge in [-0.25, -0.2) is 0 Å². The van der Waals surface area contributed by atoms with Gasteiger partial charge in [0.2, 0.25) is 5.91 Å². The van der Waals surface area contributed by atoms with Crippen LogP contribution in [0.15, 0.2) is 41.0 Å². The number of furan rings is 1. The zero-order valence-electron chi connectivity index (χ0n) is 12.7. The van der Waals surface area contributed by atoms with Crippen LogP contribution in [0.4, 0.5) is 5.69 Å². The lowest BCUT2D eigenvalue weighted by molar-refractivity contribution is -0.115. The Bertz CT molecular complexity index is 899. The lowest BCUT2D eigenvalue weighted by Crippen LogP contribution is -2.14. The van der Waals surface area contributed by atoms with Gasteiger partial charge >= 0.3 is 0 Å². The molecule has 3 rings (SSSR count). The summed E-state index contributed by atoms with van der Waals surface area (Å²) in [6.45, 7) is 3.86. The molecule has 0 unspecified atom stereocenters. The van der Waals surface area contributed by atoms with E-state index in [1.165, 1.54) is 0 Å². The zero-order chi connectivity index (χ0) is 16.6. The average Bonchev–Trinajstić information content (AvgIpc) is 2.90. The molecule has 0 radical (unpaired) electrons. The highest BCUT2D eigenvalue weighted by atomic mass is 35.5. The largest absolute Gasteiger partial charge is 0.464 e. The van der Waals surface area contributed by atoms with Crippen molar-refractivity contribution in [3.05, 3.63) is 63.3 Å². The summed E-state index contributed by atoms with van der Waals surface area (Å²) in [4.78, 5) is 12.3. The molecule has 3 nitrogen and oxygen atoms in total. The maximum Gasteiger partial charge on any atom is 0.228 e. The molecule has 3 aromatic rings. The van der Waals surface area contributed by atoms with Crippen LogP contribution in [0.5, 0.6) is 0 Å². The molecule has 1 aromatic heterocycles. The maximum absolute atomic E-state index is 12.3. The van der Waals surface area contributed by atoms with Crippen molar-refractivity contribution < 1.29 is 9.21 Å². The van der Waals surface area contributed by atoms with Gasteiger partial charge in [-0.05, 0) is 43.2 Å². The molecule has 23 heavy (non-hydrogen) atoms. The van der Waals surface area contributed by atoms with E-state index in [1.54, 1.807) is 18.4 Å². The van der Waals surface area contributed by atoms with E-state index in [2.05, 4.69) is 5.32 Å². The Morgan fingerprint density at radius 2 is 1.96 bits per heavy atom. The molecular formula is C18H15Cl2NO2. The average molecular weight is 348 g/mol. The number of carbonyl (C=O) groups is 1. The first kappa shape index (κ1) is 15.9. The molecular weight excluding hydrogens is 333 g/mol. The van der Waals surface area contributed by atoms with E-state index < -0.39 is 0 Å². The van der Waals surface area contributed by atoms with E-state index >= 15 is 0 Å². The van der Waals surface area contributed by atoms with Crippen LogP contribution in [-0.2, 0) is 11.2 Å². The number of anilines is 1. The van der Waals surface area contributed by atoms with Crippen molar-refractivity contribution in [1.82, 2.24) is 0 Å². The number of fused-ring (bicyclic) bond motifs is 1. The van der Waals surface area contributed by atoms with Gasteiger partial charge in [0.1, 0.15) is 5.58 Å². The lowest BCUT2D eigenvalue weighted by Gasteiger charge is -2.08. The third-order valence-electron chi connectivity index (χ3n) is 3.79. The second-order valence-corrected chi connectivity index (χ2v) is 6.26. The number of halogens is 2. The molecule has 1 heterocycles. The highest BCUT2D eigenvalue weighted by molar-refractivity contribution is 6.34. The maximum atomic E-state index is 12.3. The predicted octanol–water partition coefficient (Wildman–Crippen LogP) is 5.54. The van der Waals surface area contributed by atoms with E-state index in [0.717, 1.165) is 27.7 Å². The van der Waals surface area contributed by atoms with E-state index in [-0.39, 0.29) is 12.3 Å². The Kier molecular flexibility index (Phi) is 4.33. The van der Waals surface area contributed by atoms with Crippen LogP contribution >= 0.6 is 23.2 Å². The van der Waals surface area contributed by atoms with Crippen LogP contribution in [-0.4, -0.2) is 5.91 Å². The van der Waals surface area contributed by atoms with Crippen LogP contribution in [0, 0.1) is 13.8 Å². The van der Waals surface area contributed by atoms with E-state index in [1.807, 2.05) is 32.0 Å². The third kappa shape index (κ3) is 3.07. The van der Waals surface area contributed by atoms with Gasteiger partial charge in [0.25, 0.3) is 0 Å². The van der Waals surface area contributed by atoms with Crippen molar-refractivity contribution in [2.75, 3.05) is 5.32 Å². The summed E-state index contributed by atoms with van der Waals surface area (Å²) in [5, 5.41) is 4.92.